The SMILES string of the molecule is CC[C@H](C)[C@@H]([C@@H](CC(=O)ON1C(=O)CCC1=O)OC)N(C)C(=O)[C@@H](NC(=O)[C@H](C(C)C)N(C)C(=O)CCCCCN1C(=O)C=CC1=O)C(C)C. The first-order chi connectivity index (χ1) is 23.5. The number of imide groups is 2. The average Bonchev–Trinajstić information content (AvgIpc) is 3.55. The minimum atomic E-state index is -0.974. The highest BCUT2D eigenvalue weighted by Crippen LogP contribution is 2.25. The van der Waals surface area contributed by atoms with Gasteiger partial charge < -0.3 is 24.7 Å². The number of carbonyl (C=O) groups excluding carboxylic acids is 8. The second kappa shape index (κ2) is 19.3. The van der Waals surface area contributed by atoms with Crippen LogP contribution in [0.5, 0.6) is 0 Å². The summed E-state index contributed by atoms with van der Waals surface area (Å²) in [6.07, 6.45) is 3.64. The fraction of sp³-hybridized carbons (Fsp3) is 0.714. The van der Waals surface area contributed by atoms with Crippen molar-refractivity contribution in [2.24, 2.45) is 17.8 Å². The second-order valence-electron chi connectivity index (χ2n) is 13.7. The summed E-state index contributed by atoms with van der Waals surface area (Å²) in [7, 11) is 4.53. The standard InChI is InChI=1S/C35H55N5O10/c1-10-23(6)33(24(49-9)20-30(46)50-40-28(44)17-18-29(40)45)38(8)35(48)31(21(2)3)36-34(47)32(22(4)5)37(7)25(41)14-12-11-13-19-39-26(42)15-16-27(39)43/h15-16,21-24,31-33H,10-14,17-20H2,1-9H3,(H,36,47)/t23-,24+,31-,32-,33-/m0/s1. The van der Waals surface area contributed by atoms with E-state index in [2.05, 4.69) is 5.32 Å². The first-order valence-corrected chi connectivity index (χ1v) is 17.4. The highest BCUT2D eigenvalue weighted by atomic mass is 16.7. The van der Waals surface area contributed by atoms with Crippen molar-refractivity contribution < 1.29 is 47.9 Å². The normalized spacial score (nSPS) is 17.7. The van der Waals surface area contributed by atoms with Gasteiger partial charge in [0.2, 0.25) is 17.7 Å². The van der Waals surface area contributed by atoms with Crippen LogP contribution in [0.4, 0.5) is 0 Å². The predicted molar refractivity (Wildman–Crippen MR) is 181 cm³/mol. The van der Waals surface area contributed by atoms with Crippen molar-refractivity contribution >= 4 is 47.3 Å². The average molecular weight is 706 g/mol. The number of hydrogen-bond acceptors (Lipinski definition) is 10. The highest BCUT2D eigenvalue weighted by Gasteiger charge is 2.40. The van der Waals surface area contributed by atoms with Crippen molar-refractivity contribution in [3.63, 3.8) is 0 Å². The molecular weight excluding hydrogens is 650 g/mol. The van der Waals surface area contributed by atoms with E-state index in [0.717, 1.165) is 4.90 Å². The lowest BCUT2D eigenvalue weighted by molar-refractivity contribution is -0.199. The van der Waals surface area contributed by atoms with Crippen LogP contribution >= 0.6 is 0 Å². The van der Waals surface area contributed by atoms with Crippen LogP contribution < -0.4 is 5.32 Å². The van der Waals surface area contributed by atoms with E-state index < -0.39 is 53.8 Å². The molecule has 2 aliphatic heterocycles. The van der Waals surface area contributed by atoms with E-state index in [9.17, 15) is 38.4 Å². The molecule has 280 valence electrons. The fourth-order valence-corrected chi connectivity index (χ4v) is 6.29. The maximum absolute atomic E-state index is 14.1. The van der Waals surface area contributed by atoms with Crippen LogP contribution in [-0.2, 0) is 47.9 Å². The molecular formula is C35H55N5O10. The van der Waals surface area contributed by atoms with Gasteiger partial charge in [-0.05, 0) is 30.6 Å². The highest BCUT2D eigenvalue weighted by molar-refractivity contribution is 6.12. The molecule has 50 heavy (non-hydrogen) atoms. The first kappa shape index (κ1) is 42.0. The van der Waals surface area contributed by atoms with Crippen molar-refractivity contribution in [2.45, 2.75) is 117 Å². The van der Waals surface area contributed by atoms with Crippen LogP contribution in [0, 0.1) is 17.8 Å². The molecule has 0 unspecified atom stereocenters. The number of methoxy groups -OCH3 is 1. The summed E-state index contributed by atoms with van der Waals surface area (Å²) in [5.74, 6) is -4.69. The van der Waals surface area contributed by atoms with Crippen molar-refractivity contribution in [3.05, 3.63) is 12.2 Å². The summed E-state index contributed by atoms with van der Waals surface area (Å²) >= 11 is 0. The number of hydroxylamine groups is 2. The molecule has 0 aromatic rings. The Kier molecular flexibility index (Phi) is 16.2. The molecule has 5 atom stereocenters. The van der Waals surface area contributed by atoms with E-state index in [1.807, 2.05) is 27.7 Å². The van der Waals surface area contributed by atoms with Crippen molar-refractivity contribution in [1.29, 1.82) is 0 Å². The van der Waals surface area contributed by atoms with Crippen molar-refractivity contribution in [2.75, 3.05) is 27.7 Å². The van der Waals surface area contributed by atoms with Gasteiger partial charge in [0.1, 0.15) is 12.1 Å². The zero-order valence-corrected chi connectivity index (χ0v) is 30.9. The monoisotopic (exact) mass is 705 g/mol. The van der Waals surface area contributed by atoms with Gasteiger partial charge in [-0.2, -0.15) is 0 Å². The molecule has 2 rings (SSSR count). The summed E-state index contributed by atoms with van der Waals surface area (Å²) < 4.78 is 5.68. The van der Waals surface area contributed by atoms with Gasteiger partial charge in [0.05, 0.1) is 18.6 Å². The third-order valence-corrected chi connectivity index (χ3v) is 9.39. The van der Waals surface area contributed by atoms with Gasteiger partial charge in [-0.1, -0.05) is 54.4 Å². The maximum Gasteiger partial charge on any atom is 0.335 e. The molecule has 1 saturated heterocycles. The van der Waals surface area contributed by atoms with Crippen LogP contribution in [0.1, 0.15) is 92.9 Å². The van der Waals surface area contributed by atoms with Gasteiger partial charge in [-0.3, -0.25) is 38.5 Å². The Morgan fingerprint density at radius 2 is 1.44 bits per heavy atom. The quantitative estimate of drug-likeness (QED) is 0.145. The van der Waals surface area contributed by atoms with Crippen molar-refractivity contribution in [3.8, 4) is 0 Å². The van der Waals surface area contributed by atoms with Crippen molar-refractivity contribution in [1.82, 2.24) is 25.1 Å². The first-order valence-electron chi connectivity index (χ1n) is 17.4. The zero-order chi connectivity index (χ0) is 37.9. The largest absolute Gasteiger partial charge is 0.379 e. The number of ether oxygens (including phenoxy) is 1. The Morgan fingerprint density at radius 1 is 0.860 bits per heavy atom. The van der Waals surface area contributed by atoms with E-state index >= 15 is 0 Å². The maximum atomic E-state index is 14.1. The zero-order valence-electron chi connectivity index (χ0n) is 30.9. The molecule has 0 radical (unpaired) electrons. The number of nitrogens with one attached hydrogen (secondary N) is 1. The Labute approximate surface area is 295 Å². The molecule has 0 spiro atoms. The molecule has 0 saturated carbocycles. The van der Waals surface area contributed by atoms with Gasteiger partial charge in [0, 0.05) is 59.2 Å². The minimum Gasteiger partial charge on any atom is -0.379 e. The van der Waals surface area contributed by atoms with E-state index in [4.69, 9.17) is 9.57 Å². The molecule has 2 heterocycles. The van der Waals surface area contributed by atoms with Crippen LogP contribution in [0.3, 0.4) is 0 Å². The minimum absolute atomic E-state index is 0.0399. The van der Waals surface area contributed by atoms with Crippen LogP contribution in [-0.4, -0.2) is 119 Å². The van der Waals surface area contributed by atoms with Gasteiger partial charge in [0.25, 0.3) is 23.6 Å². The Morgan fingerprint density at radius 3 is 1.94 bits per heavy atom. The Bertz CT molecular complexity index is 1280. The summed E-state index contributed by atoms with van der Waals surface area (Å²) in [6, 6.07) is -2.48. The lowest BCUT2D eigenvalue weighted by Gasteiger charge is -2.40. The Hall–Kier alpha value is -4.14. The number of rotatable bonds is 20. The summed E-state index contributed by atoms with van der Waals surface area (Å²) in [4.78, 5) is 110. The summed E-state index contributed by atoms with van der Waals surface area (Å²) in [5, 5.41) is 3.36. The summed E-state index contributed by atoms with van der Waals surface area (Å²) in [6.45, 7) is 11.3. The smallest absolute Gasteiger partial charge is 0.335 e. The van der Waals surface area contributed by atoms with Gasteiger partial charge in [-0.25, -0.2) is 4.79 Å². The van der Waals surface area contributed by atoms with E-state index in [-0.39, 0.29) is 67.7 Å². The lowest BCUT2D eigenvalue weighted by atomic mass is 9.90. The number of unbranched alkanes of at least 4 members (excludes halogenated alkanes) is 2. The van der Waals surface area contributed by atoms with Gasteiger partial charge in [-0.15, -0.1) is 5.06 Å². The molecule has 15 heteroatoms. The van der Waals surface area contributed by atoms with Gasteiger partial charge >= 0.3 is 5.97 Å². The Balaban J connectivity index is 2.10. The van der Waals surface area contributed by atoms with E-state index in [1.54, 1.807) is 27.9 Å². The van der Waals surface area contributed by atoms with Gasteiger partial charge in [0.15, 0.2) is 0 Å². The molecule has 0 aromatic heterocycles. The number of carbonyl (C=O) groups is 8. The fourth-order valence-electron chi connectivity index (χ4n) is 6.29. The number of amides is 7. The van der Waals surface area contributed by atoms with Crippen LogP contribution in [0.2, 0.25) is 0 Å². The lowest BCUT2D eigenvalue weighted by Crippen LogP contribution is -2.60. The third kappa shape index (κ3) is 10.9. The second-order valence-corrected chi connectivity index (χ2v) is 13.7. The summed E-state index contributed by atoms with van der Waals surface area (Å²) in [5.41, 5.74) is 0. The molecule has 15 nitrogen and oxygen atoms in total. The molecule has 2 aliphatic rings. The van der Waals surface area contributed by atoms with Crippen LogP contribution in [0.15, 0.2) is 12.2 Å². The third-order valence-electron chi connectivity index (χ3n) is 9.39. The van der Waals surface area contributed by atoms with E-state index in [0.29, 0.717) is 30.7 Å². The topological polar surface area (TPSA) is 180 Å². The van der Waals surface area contributed by atoms with Crippen LogP contribution in [0.25, 0.3) is 0 Å². The number of likely N-dealkylation sites (N-methyl/N-ethyl adjacent to an activating group) is 2. The van der Waals surface area contributed by atoms with E-state index in [1.165, 1.54) is 29.1 Å². The molecule has 0 aromatic carbocycles. The molecule has 1 fully saturated rings. The molecule has 0 bridgehead atoms. The number of hydrogen-bond donors (Lipinski definition) is 1. The molecule has 7 amide bonds. The molecule has 0 aliphatic carbocycles. The predicted octanol–water partition coefficient (Wildman–Crippen LogP) is 1.98. The molecule has 1 N–H and O–H groups in total. The number of nitrogens with zero attached hydrogens (tertiary/aromatic N) is 4.